The van der Waals surface area contributed by atoms with Crippen LogP contribution in [0.25, 0.3) is 0 Å². The highest BCUT2D eigenvalue weighted by Gasteiger charge is 2.19. The highest BCUT2D eigenvalue weighted by molar-refractivity contribution is 5.95. The standard InChI is InChI=1S/C17H28N6O3/c1-11(2)16(18)17(26)19-8-14(24)22-13-7-20-23(9-13)10-15(25)21-12-5-3-4-6-12/h7,9,11-12,16H,3-6,8,10,18H2,1-2H3,(H,19,26)(H,21,25)(H,22,24)/t16-/m0/s1. The number of nitrogens with two attached hydrogens (primary N) is 1. The lowest BCUT2D eigenvalue weighted by Crippen LogP contribution is -2.46. The molecule has 1 fully saturated rings. The monoisotopic (exact) mass is 364 g/mol. The van der Waals surface area contributed by atoms with Crippen LogP contribution in [0.2, 0.25) is 0 Å². The second-order valence-corrected chi connectivity index (χ2v) is 7.01. The van der Waals surface area contributed by atoms with Crippen LogP contribution in [0.1, 0.15) is 39.5 Å². The smallest absolute Gasteiger partial charge is 0.243 e. The minimum Gasteiger partial charge on any atom is -0.352 e. The van der Waals surface area contributed by atoms with E-state index in [-0.39, 0.29) is 42.8 Å². The number of hydrogen-bond donors (Lipinski definition) is 4. The van der Waals surface area contributed by atoms with Crippen molar-refractivity contribution in [1.82, 2.24) is 20.4 Å². The third-order valence-electron chi connectivity index (χ3n) is 4.39. The molecule has 1 aromatic heterocycles. The predicted octanol–water partition coefficient (Wildman–Crippen LogP) is -0.0201. The zero-order valence-electron chi connectivity index (χ0n) is 15.3. The van der Waals surface area contributed by atoms with E-state index in [9.17, 15) is 14.4 Å². The average molecular weight is 364 g/mol. The number of hydrogen-bond acceptors (Lipinski definition) is 5. The molecule has 1 atom stereocenters. The van der Waals surface area contributed by atoms with Crippen LogP contribution in [-0.2, 0) is 20.9 Å². The van der Waals surface area contributed by atoms with E-state index < -0.39 is 6.04 Å². The second-order valence-electron chi connectivity index (χ2n) is 7.01. The van der Waals surface area contributed by atoms with E-state index in [0.717, 1.165) is 25.7 Å². The van der Waals surface area contributed by atoms with Gasteiger partial charge in [-0.15, -0.1) is 0 Å². The van der Waals surface area contributed by atoms with Crippen molar-refractivity contribution in [2.24, 2.45) is 11.7 Å². The molecular weight excluding hydrogens is 336 g/mol. The zero-order chi connectivity index (χ0) is 19.1. The van der Waals surface area contributed by atoms with Crippen molar-refractivity contribution >= 4 is 23.4 Å². The molecule has 1 aliphatic carbocycles. The Hall–Kier alpha value is -2.42. The molecule has 9 heteroatoms. The van der Waals surface area contributed by atoms with Gasteiger partial charge in [0.15, 0.2) is 0 Å². The molecule has 144 valence electrons. The zero-order valence-corrected chi connectivity index (χ0v) is 15.3. The summed E-state index contributed by atoms with van der Waals surface area (Å²) in [6.07, 6.45) is 7.40. The van der Waals surface area contributed by atoms with Crippen LogP contribution in [0.15, 0.2) is 12.4 Å². The third-order valence-corrected chi connectivity index (χ3v) is 4.39. The van der Waals surface area contributed by atoms with Gasteiger partial charge in [-0.3, -0.25) is 19.1 Å². The molecule has 0 unspecified atom stereocenters. The molecule has 1 heterocycles. The third kappa shape index (κ3) is 6.14. The molecule has 0 aliphatic heterocycles. The number of rotatable bonds is 8. The molecule has 9 nitrogen and oxygen atoms in total. The summed E-state index contributed by atoms with van der Waals surface area (Å²) in [5.74, 6) is -0.849. The Kier molecular flexibility index (Phi) is 7.14. The minimum absolute atomic E-state index is 0.00771. The Morgan fingerprint density at radius 2 is 1.96 bits per heavy atom. The van der Waals surface area contributed by atoms with E-state index in [1.54, 1.807) is 6.20 Å². The van der Waals surface area contributed by atoms with E-state index in [2.05, 4.69) is 21.0 Å². The highest BCUT2D eigenvalue weighted by atomic mass is 16.2. The first kappa shape index (κ1) is 19.9. The lowest BCUT2D eigenvalue weighted by Gasteiger charge is -2.14. The molecule has 0 aromatic carbocycles. The van der Waals surface area contributed by atoms with Gasteiger partial charge in [-0.2, -0.15) is 5.10 Å². The Labute approximate surface area is 153 Å². The summed E-state index contributed by atoms with van der Waals surface area (Å²) < 4.78 is 1.47. The molecule has 0 spiro atoms. The van der Waals surface area contributed by atoms with Crippen molar-refractivity contribution in [3.8, 4) is 0 Å². The van der Waals surface area contributed by atoms with Crippen LogP contribution >= 0.6 is 0 Å². The van der Waals surface area contributed by atoms with Gasteiger partial charge in [0.05, 0.1) is 24.5 Å². The number of amides is 3. The van der Waals surface area contributed by atoms with E-state index in [1.807, 2.05) is 13.8 Å². The summed E-state index contributed by atoms with van der Waals surface area (Å²) in [4.78, 5) is 35.6. The Balaban J connectivity index is 1.73. The Bertz CT molecular complexity index is 636. The van der Waals surface area contributed by atoms with E-state index >= 15 is 0 Å². The van der Waals surface area contributed by atoms with Gasteiger partial charge >= 0.3 is 0 Å². The maximum atomic E-state index is 12.0. The predicted molar refractivity (Wildman–Crippen MR) is 97.1 cm³/mol. The topological polar surface area (TPSA) is 131 Å². The van der Waals surface area contributed by atoms with E-state index in [4.69, 9.17) is 5.73 Å². The molecule has 0 bridgehead atoms. The molecule has 1 aliphatic rings. The lowest BCUT2D eigenvalue weighted by atomic mass is 10.1. The largest absolute Gasteiger partial charge is 0.352 e. The van der Waals surface area contributed by atoms with Crippen molar-refractivity contribution in [2.75, 3.05) is 11.9 Å². The van der Waals surface area contributed by atoms with Crippen LogP contribution in [0.3, 0.4) is 0 Å². The first-order chi connectivity index (χ1) is 12.3. The maximum Gasteiger partial charge on any atom is 0.243 e. The van der Waals surface area contributed by atoms with Gasteiger partial charge in [0.1, 0.15) is 6.54 Å². The SMILES string of the molecule is CC(C)[C@H](N)C(=O)NCC(=O)Nc1cnn(CC(=O)NC2CCCC2)c1. The van der Waals surface area contributed by atoms with Gasteiger partial charge < -0.3 is 21.7 Å². The summed E-state index contributed by atoms with van der Waals surface area (Å²) >= 11 is 0. The average Bonchev–Trinajstić information content (AvgIpc) is 3.23. The molecule has 26 heavy (non-hydrogen) atoms. The first-order valence-electron chi connectivity index (χ1n) is 9.00. The summed E-state index contributed by atoms with van der Waals surface area (Å²) in [6.45, 7) is 3.60. The van der Waals surface area contributed by atoms with Crippen LogP contribution < -0.4 is 21.7 Å². The lowest BCUT2D eigenvalue weighted by molar-refractivity contribution is -0.125. The fourth-order valence-electron chi connectivity index (χ4n) is 2.80. The van der Waals surface area contributed by atoms with E-state index in [0.29, 0.717) is 5.69 Å². The quantitative estimate of drug-likeness (QED) is 0.515. The molecule has 1 saturated carbocycles. The van der Waals surface area contributed by atoms with Crippen LogP contribution in [-0.4, -0.2) is 46.1 Å². The molecule has 0 saturated heterocycles. The van der Waals surface area contributed by atoms with Crippen molar-refractivity contribution < 1.29 is 14.4 Å². The number of aromatic nitrogens is 2. The number of carbonyl (C=O) groups excluding carboxylic acids is 3. The normalized spacial score (nSPS) is 15.7. The molecule has 5 N–H and O–H groups in total. The molecule has 3 amide bonds. The van der Waals surface area contributed by atoms with Crippen LogP contribution in [0.5, 0.6) is 0 Å². The van der Waals surface area contributed by atoms with Crippen molar-refractivity contribution in [3.63, 3.8) is 0 Å². The summed E-state index contributed by atoms with van der Waals surface area (Å²) in [7, 11) is 0. The fourth-order valence-corrected chi connectivity index (χ4v) is 2.80. The summed E-state index contributed by atoms with van der Waals surface area (Å²) in [5, 5.41) is 12.2. The molecule has 1 aromatic rings. The fraction of sp³-hybridized carbons (Fsp3) is 0.647. The van der Waals surface area contributed by atoms with E-state index in [1.165, 1.54) is 10.9 Å². The highest BCUT2D eigenvalue weighted by Crippen LogP contribution is 2.17. The van der Waals surface area contributed by atoms with Gasteiger partial charge in [0.25, 0.3) is 0 Å². The molecule has 0 radical (unpaired) electrons. The van der Waals surface area contributed by atoms with Gasteiger partial charge in [-0.25, -0.2) is 0 Å². The summed E-state index contributed by atoms with van der Waals surface area (Å²) in [5.41, 5.74) is 6.18. The van der Waals surface area contributed by atoms with Gasteiger partial charge in [0, 0.05) is 12.2 Å². The number of anilines is 1. The number of carbonyl (C=O) groups is 3. The Morgan fingerprint density at radius 3 is 2.62 bits per heavy atom. The number of nitrogens with zero attached hydrogens (tertiary/aromatic N) is 2. The number of nitrogens with one attached hydrogen (secondary N) is 3. The van der Waals surface area contributed by atoms with Crippen LogP contribution in [0.4, 0.5) is 5.69 Å². The van der Waals surface area contributed by atoms with Gasteiger partial charge in [-0.1, -0.05) is 26.7 Å². The van der Waals surface area contributed by atoms with Crippen molar-refractivity contribution in [2.45, 2.75) is 58.2 Å². The summed E-state index contributed by atoms with van der Waals surface area (Å²) in [6, 6.07) is -0.387. The van der Waals surface area contributed by atoms with Gasteiger partial charge in [0.2, 0.25) is 17.7 Å². The van der Waals surface area contributed by atoms with Crippen molar-refractivity contribution in [1.29, 1.82) is 0 Å². The maximum absolute atomic E-state index is 12.0. The minimum atomic E-state index is -0.649. The second kappa shape index (κ2) is 9.33. The molecule has 2 rings (SSSR count). The molecular formula is C17H28N6O3. The first-order valence-corrected chi connectivity index (χ1v) is 9.00. The van der Waals surface area contributed by atoms with Crippen molar-refractivity contribution in [3.05, 3.63) is 12.4 Å². The van der Waals surface area contributed by atoms with Crippen LogP contribution in [0, 0.1) is 5.92 Å². The van der Waals surface area contributed by atoms with Gasteiger partial charge in [-0.05, 0) is 18.8 Å². The Morgan fingerprint density at radius 1 is 1.27 bits per heavy atom.